The number of amides is 2. The van der Waals surface area contributed by atoms with Crippen LogP contribution in [0.15, 0.2) is 0 Å². The van der Waals surface area contributed by atoms with Crippen LogP contribution in [0.3, 0.4) is 0 Å². The summed E-state index contributed by atoms with van der Waals surface area (Å²) >= 11 is 0. The van der Waals surface area contributed by atoms with Gasteiger partial charge in [0.25, 0.3) is 0 Å². The molecule has 2 saturated heterocycles. The van der Waals surface area contributed by atoms with Crippen molar-refractivity contribution < 1.29 is 22.8 Å². The average molecular weight is 356 g/mol. The van der Waals surface area contributed by atoms with E-state index in [1.165, 1.54) is 0 Å². The third-order valence-electron chi connectivity index (χ3n) is 5.09. The highest BCUT2D eigenvalue weighted by Crippen LogP contribution is 2.58. The van der Waals surface area contributed by atoms with Gasteiger partial charge in [-0.05, 0) is 44.2 Å². The summed E-state index contributed by atoms with van der Waals surface area (Å²) in [6, 6.07) is -0.797. The smallest absolute Gasteiger partial charge is 0.344 e. The second-order valence-electron chi connectivity index (χ2n) is 6.59. The van der Waals surface area contributed by atoms with Crippen LogP contribution in [0.2, 0.25) is 0 Å². The topological polar surface area (TPSA) is 61.4 Å². The zero-order valence-electron chi connectivity index (χ0n) is 12.6. The molecule has 0 aromatic heterocycles. The fourth-order valence-electron chi connectivity index (χ4n) is 3.71. The van der Waals surface area contributed by atoms with Crippen molar-refractivity contribution in [2.24, 2.45) is 11.3 Å². The Bertz CT molecular complexity index is 480. The lowest BCUT2D eigenvalue weighted by Crippen LogP contribution is -2.45. The van der Waals surface area contributed by atoms with Crippen LogP contribution in [0.4, 0.5) is 13.2 Å². The van der Waals surface area contributed by atoms with Crippen molar-refractivity contribution >= 4 is 24.2 Å². The molecule has 3 rings (SSSR count). The summed E-state index contributed by atoms with van der Waals surface area (Å²) in [5.74, 6) is -0.876. The number of hydrogen-bond donors (Lipinski definition) is 2. The predicted molar refractivity (Wildman–Crippen MR) is 79.1 cm³/mol. The minimum absolute atomic E-state index is 0. The van der Waals surface area contributed by atoms with Gasteiger partial charge >= 0.3 is 6.18 Å². The number of carbonyl (C=O) groups excluding carboxylic acids is 2. The van der Waals surface area contributed by atoms with Crippen LogP contribution in [0.25, 0.3) is 0 Å². The molecule has 2 amide bonds. The predicted octanol–water partition coefficient (Wildman–Crippen LogP) is 1.08. The van der Waals surface area contributed by atoms with Gasteiger partial charge in [-0.15, -0.1) is 12.4 Å². The van der Waals surface area contributed by atoms with Crippen LogP contribution >= 0.6 is 12.4 Å². The summed E-state index contributed by atoms with van der Waals surface area (Å²) in [7, 11) is 0. The van der Waals surface area contributed by atoms with E-state index in [2.05, 4.69) is 10.6 Å². The quantitative estimate of drug-likeness (QED) is 0.796. The van der Waals surface area contributed by atoms with Gasteiger partial charge in [0.05, 0.1) is 0 Å². The van der Waals surface area contributed by atoms with E-state index in [9.17, 15) is 22.8 Å². The van der Waals surface area contributed by atoms with E-state index in [1.54, 1.807) is 0 Å². The number of carbonyl (C=O) groups is 2. The number of alkyl halides is 3. The molecule has 0 aromatic rings. The molecule has 1 saturated carbocycles. The Kier molecular flexibility index (Phi) is 5.15. The van der Waals surface area contributed by atoms with Gasteiger partial charge in [-0.1, -0.05) is 0 Å². The molecule has 1 aliphatic carbocycles. The second kappa shape index (κ2) is 6.47. The highest BCUT2D eigenvalue weighted by atomic mass is 35.5. The van der Waals surface area contributed by atoms with Crippen molar-refractivity contribution in [3.05, 3.63) is 0 Å². The molecule has 0 bridgehead atoms. The Hall–Kier alpha value is -1.02. The van der Waals surface area contributed by atoms with Crippen LogP contribution in [0, 0.1) is 11.3 Å². The Morgan fingerprint density at radius 3 is 2.61 bits per heavy atom. The fraction of sp³-hybridized carbons (Fsp3) is 0.857. The largest absolute Gasteiger partial charge is 0.406 e. The second-order valence-corrected chi connectivity index (χ2v) is 6.59. The Labute approximate surface area is 138 Å². The van der Waals surface area contributed by atoms with E-state index in [4.69, 9.17) is 0 Å². The molecule has 3 aliphatic rings. The molecule has 5 nitrogen and oxygen atoms in total. The first kappa shape index (κ1) is 18.3. The molecule has 2 aliphatic heterocycles. The van der Waals surface area contributed by atoms with Crippen LogP contribution in [-0.2, 0) is 9.59 Å². The summed E-state index contributed by atoms with van der Waals surface area (Å²) in [5.41, 5.74) is 0.0582. The lowest BCUT2D eigenvalue weighted by atomic mass is 9.91. The minimum Gasteiger partial charge on any atom is -0.344 e. The minimum atomic E-state index is -4.40. The summed E-state index contributed by atoms with van der Waals surface area (Å²) in [5, 5.41) is 5.91. The number of halogens is 4. The van der Waals surface area contributed by atoms with Crippen molar-refractivity contribution in [2.45, 2.75) is 37.9 Å². The molecule has 23 heavy (non-hydrogen) atoms. The first-order chi connectivity index (χ1) is 10.3. The maximum Gasteiger partial charge on any atom is 0.406 e. The normalized spacial score (nSPS) is 29.3. The van der Waals surface area contributed by atoms with E-state index in [0.29, 0.717) is 0 Å². The third kappa shape index (κ3) is 3.91. The van der Waals surface area contributed by atoms with Crippen molar-refractivity contribution in [3.8, 4) is 0 Å². The molecule has 2 atom stereocenters. The molecule has 9 heteroatoms. The number of hydrogen-bond acceptors (Lipinski definition) is 3. The summed E-state index contributed by atoms with van der Waals surface area (Å²) < 4.78 is 37.1. The van der Waals surface area contributed by atoms with Crippen molar-refractivity contribution in [3.63, 3.8) is 0 Å². The monoisotopic (exact) mass is 355 g/mol. The van der Waals surface area contributed by atoms with Gasteiger partial charge in [-0.25, -0.2) is 0 Å². The van der Waals surface area contributed by atoms with Gasteiger partial charge in [0.1, 0.15) is 12.6 Å². The van der Waals surface area contributed by atoms with Crippen molar-refractivity contribution in [1.82, 2.24) is 15.5 Å². The molecule has 2 unspecified atom stereocenters. The zero-order valence-corrected chi connectivity index (χ0v) is 13.4. The molecular weight excluding hydrogens is 335 g/mol. The van der Waals surface area contributed by atoms with E-state index in [-0.39, 0.29) is 42.6 Å². The first-order valence-corrected chi connectivity index (χ1v) is 7.67. The van der Waals surface area contributed by atoms with Crippen molar-refractivity contribution in [1.29, 1.82) is 0 Å². The maximum absolute atomic E-state index is 12.4. The lowest BCUT2D eigenvalue weighted by Gasteiger charge is -2.23. The van der Waals surface area contributed by atoms with Crippen molar-refractivity contribution in [2.75, 3.05) is 26.2 Å². The number of likely N-dealkylation sites (tertiary alicyclic amines) is 1. The average Bonchev–Trinajstić information content (AvgIpc) is 3.04. The van der Waals surface area contributed by atoms with Crippen LogP contribution in [0.5, 0.6) is 0 Å². The highest BCUT2D eigenvalue weighted by Gasteiger charge is 2.58. The number of nitrogens with one attached hydrogen (secondary N) is 2. The molecule has 3 fully saturated rings. The molecule has 1 spiro atoms. The molecule has 0 aromatic carbocycles. The van der Waals surface area contributed by atoms with Gasteiger partial charge in [-0.3, -0.25) is 9.59 Å². The third-order valence-corrected chi connectivity index (χ3v) is 5.09. The lowest BCUT2D eigenvalue weighted by molar-refractivity contribution is -0.158. The molecule has 2 heterocycles. The summed E-state index contributed by atoms with van der Waals surface area (Å²) in [6.45, 7) is 0.595. The van der Waals surface area contributed by atoms with Crippen LogP contribution < -0.4 is 10.6 Å². The van der Waals surface area contributed by atoms with Gasteiger partial charge in [0.15, 0.2) is 0 Å². The number of piperidine rings is 1. The van der Waals surface area contributed by atoms with Gasteiger partial charge in [0.2, 0.25) is 11.8 Å². The van der Waals surface area contributed by atoms with E-state index < -0.39 is 24.7 Å². The van der Waals surface area contributed by atoms with Gasteiger partial charge in [-0.2, -0.15) is 13.2 Å². The molecule has 0 radical (unpaired) electrons. The van der Waals surface area contributed by atoms with Gasteiger partial charge in [0, 0.05) is 12.5 Å². The van der Waals surface area contributed by atoms with E-state index in [1.807, 2.05) is 0 Å². The van der Waals surface area contributed by atoms with Crippen LogP contribution in [-0.4, -0.2) is 55.1 Å². The maximum atomic E-state index is 12.4. The summed E-state index contributed by atoms with van der Waals surface area (Å²) in [4.78, 5) is 25.0. The highest BCUT2D eigenvalue weighted by molar-refractivity contribution is 5.91. The molecule has 132 valence electrons. The SMILES string of the molecule is Cl.O=C(NC1CCN(CC(F)(F)F)C1=O)C1CC12CCNCC2. The first-order valence-electron chi connectivity index (χ1n) is 7.67. The Morgan fingerprint density at radius 2 is 2.00 bits per heavy atom. The van der Waals surface area contributed by atoms with Gasteiger partial charge < -0.3 is 15.5 Å². The van der Waals surface area contributed by atoms with E-state index >= 15 is 0 Å². The number of rotatable bonds is 3. The van der Waals surface area contributed by atoms with Crippen LogP contribution in [0.1, 0.15) is 25.7 Å². The molecule has 2 N–H and O–H groups in total. The summed E-state index contributed by atoms with van der Waals surface area (Å²) in [6.07, 6.45) is -1.42. The number of nitrogens with zero attached hydrogens (tertiary/aromatic N) is 1. The standard InChI is InChI=1S/C14H20F3N3O2.ClH/c15-14(16,17)8-20-6-1-10(12(20)22)19-11(21)9-7-13(9)2-4-18-5-3-13;/h9-10,18H,1-8H2,(H,19,21);1H. The van der Waals surface area contributed by atoms with E-state index in [0.717, 1.165) is 37.3 Å². The Morgan fingerprint density at radius 1 is 1.35 bits per heavy atom. The Balaban J connectivity index is 0.00000192. The fourth-order valence-corrected chi connectivity index (χ4v) is 3.71. The molecular formula is C14H21ClF3N3O2. The zero-order chi connectivity index (χ0) is 16.0.